The van der Waals surface area contributed by atoms with E-state index in [1.807, 2.05) is 48.5 Å². The number of halogens is 2. The molecule has 0 aliphatic carbocycles. The van der Waals surface area contributed by atoms with Gasteiger partial charge in [-0.15, -0.1) is 138 Å². The van der Waals surface area contributed by atoms with Crippen LogP contribution in [0.1, 0.15) is 0 Å². The summed E-state index contributed by atoms with van der Waals surface area (Å²) >= 11 is 0. The Kier molecular flexibility index (Phi) is 18.5. The third kappa shape index (κ3) is 12.5. The first kappa shape index (κ1) is 56.9. The third-order valence-electron chi connectivity index (χ3n) is 14.0. The zero-order valence-electron chi connectivity index (χ0n) is 43.3. The summed E-state index contributed by atoms with van der Waals surface area (Å²) < 4.78 is 0. The monoisotopic (exact) mass is 1220 g/mol. The molecule has 0 aliphatic heterocycles. The van der Waals surface area contributed by atoms with Crippen molar-refractivity contribution in [1.82, 2.24) is 19.9 Å². The molecule has 0 fully saturated rings. The molecule has 0 aliphatic rings. The first-order valence-electron chi connectivity index (χ1n) is 25.7. The van der Waals surface area contributed by atoms with E-state index in [0.717, 1.165) is 44.8 Å². The summed E-state index contributed by atoms with van der Waals surface area (Å²) in [4.78, 5) is 19.0. The average Bonchev–Trinajstić information content (AvgIpc) is 4.33. The minimum absolute atomic E-state index is 0. The number of aromatic nitrogens is 4. The van der Waals surface area contributed by atoms with Gasteiger partial charge in [0, 0.05) is 22.8 Å². The molecule has 16 aromatic rings. The molecule has 0 amide bonds. The molecular weight excluding hydrogens is 1170 g/mol. The molecule has 4 heterocycles. The molecule has 0 atom stereocenters. The molecule has 0 saturated carbocycles. The predicted molar refractivity (Wildman–Crippen MR) is 321 cm³/mol. The quantitative estimate of drug-likeness (QED) is 0.165. The maximum absolute atomic E-state index is 4.74. The summed E-state index contributed by atoms with van der Waals surface area (Å²) in [7, 11) is 0. The van der Waals surface area contributed by atoms with E-state index in [1.165, 1.54) is 86.9 Å². The Bertz CT molecular complexity index is 3980. The average molecular weight is 1220 g/mol. The second kappa shape index (κ2) is 26.0. The Morgan fingerprint density at radius 1 is 0.200 bits per heavy atom. The number of benzene rings is 8. The molecular formula is C72H48Cl2N4Zr2-2. The van der Waals surface area contributed by atoms with Crippen LogP contribution in [0.3, 0.4) is 0 Å². The van der Waals surface area contributed by atoms with Crippen molar-refractivity contribution in [2.45, 2.75) is 0 Å². The first-order chi connectivity index (χ1) is 37.6. The topological polar surface area (TPSA) is 51.6 Å². The van der Waals surface area contributed by atoms with Crippen LogP contribution < -0.4 is 24.8 Å². The smallest absolute Gasteiger partial charge is 1.00 e. The van der Waals surface area contributed by atoms with Crippen molar-refractivity contribution in [2.24, 2.45) is 0 Å². The minimum Gasteiger partial charge on any atom is -1.00 e. The van der Waals surface area contributed by atoms with Crippen molar-refractivity contribution in [3.05, 3.63) is 291 Å². The van der Waals surface area contributed by atoms with Crippen molar-refractivity contribution >= 4 is 86.7 Å². The second-order valence-corrected chi connectivity index (χ2v) is 19.0. The van der Waals surface area contributed by atoms with Crippen molar-refractivity contribution < 1.29 is 77.2 Å². The molecule has 380 valence electrons. The fraction of sp³-hybridized carbons (Fsp3) is 0. The number of fused-ring (bicyclic) bond motifs is 8. The van der Waals surface area contributed by atoms with Crippen molar-refractivity contribution in [3.8, 4) is 45.0 Å². The van der Waals surface area contributed by atoms with E-state index < -0.39 is 0 Å². The molecule has 0 unspecified atom stereocenters. The van der Waals surface area contributed by atoms with Gasteiger partial charge in [-0.25, -0.2) is 0 Å². The molecule has 8 heteroatoms. The number of pyridine rings is 4. The van der Waals surface area contributed by atoms with Gasteiger partial charge in [-0.1, -0.05) is 194 Å². The van der Waals surface area contributed by atoms with Gasteiger partial charge in [0.05, 0.1) is 22.1 Å². The Balaban J connectivity index is 0.000000127. The van der Waals surface area contributed by atoms with Crippen LogP contribution in [0.4, 0.5) is 0 Å². The molecule has 0 bridgehead atoms. The Labute approximate surface area is 515 Å². The van der Waals surface area contributed by atoms with Crippen molar-refractivity contribution in [1.29, 1.82) is 0 Å². The molecule has 12 aromatic carbocycles. The number of rotatable bonds is 4. The van der Waals surface area contributed by atoms with Gasteiger partial charge in [-0.05, 0) is 45.8 Å². The summed E-state index contributed by atoms with van der Waals surface area (Å²) in [6.45, 7) is 0. The summed E-state index contributed by atoms with van der Waals surface area (Å²) in [6, 6.07) is 101. The minimum atomic E-state index is 0. The van der Waals surface area contributed by atoms with Gasteiger partial charge in [0.25, 0.3) is 0 Å². The summed E-state index contributed by atoms with van der Waals surface area (Å²) in [5.41, 5.74) is 13.1. The summed E-state index contributed by atoms with van der Waals surface area (Å²) in [5, 5.41) is 14.9. The Morgan fingerprint density at radius 3 is 0.600 bits per heavy atom. The van der Waals surface area contributed by atoms with E-state index in [1.54, 1.807) is 0 Å². The molecule has 0 saturated heterocycles. The number of nitrogens with zero attached hydrogens (tertiary/aromatic N) is 4. The van der Waals surface area contributed by atoms with E-state index in [4.69, 9.17) is 19.9 Å². The molecule has 4 nitrogen and oxygen atoms in total. The van der Waals surface area contributed by atoms with Gasteiger partial charge in [0.15, 0.2) is 0 Å². The van der Waals surface area contributed by atoms with E-state index >= 15 is 0 Å². The van der Waals surface area contributed by atoms with E-state index in [9.17, 15) is 0 Å². The van der Waals surface area contributed by atoms with Gasteiger partial charge in [0.2, 0.25) is 0 Å². The number of hydrogen-bond acceptors (Lipinski definition) is 4. The summed E-state index contributed by atoms with van der Waals surface area (Å²) in [5.74, 6) is 0. The predicted octanol–water partition coefficient (Wildman–Crippen LogP) is 13.1. The summed E-state index contributed by atoms with van der Waals surface area (Å²) in [6.07, 6.45) is 0. The molecule has 0 radical (unpaired) electrons. The maximum Gasteiger partial charge on any atom is 2.00 e. The molecule has 4 aromatic heterocycles. The zero-order chi connectivity index (χ0) is 50.6. The molecule has 0 spiro atoms. The maximum atomic E-state index is 4.74. The van der Waals surface area contributed by atoms with Gasteiger partial charge >= 0.3 is 52.4 Å². The fourth-order valence-electron chi connectivity index (χ4n) is 10.1. The largest absolute Gasteiger partial charge is 2.00 e. The second-order valence-electron chi connectivity index (χ2n) is 19.0. The van der Waals surface area contributed by atoms with Crippen LogP contribution in [0.2, 0.25) is 0 Å². The van der Waals surface area contributed by atoms with Gasteiger partial charge in [0.1, 0.15) is 0 Å². The Hall–Kier alpha value is -7.81. The molecule has 0 N–H and O–H groups in total. The van der Waals surface area contributed by atoms with E-state index in [-0.39, 0.29) is 77.2 Å². The standard InChI is InChI=1S/4C18H12N.2ClH.2Zr/c4*1-2-7-15-12-16(11-14(15)6-1)18-10-9-13-5-3-4-8-17(13)19-18;;;;/h4*1-12H;2*1H;;/q4*-1;;;2*+2/p-2. The van der Waals surface area contributed by atoms with Crippen LogP contribution in [0.25, 0.3) is 132 Å². The van der Waals surface area contributed by atoms with Crippen molar-refractivity contribution in [3.63, 3.8) is 0 Å². The molecule has 80 heavy (non-hydrogen) atoms. The zero-order valence-corrected chi connectivity index (χ0v) is 49.7. The normalized spacial score (nSPS) is 10.6. The van der Waals surface area contributed by atoms with Crippen LogP contribution in [-0.2, 0) is 52.4 Å². The van der Waals surface area contributed by atoms with Crippen LogP contribution >= 0.6 is 0 Å². The van der Waals surface area contributed by atoms with Crippen LogP contribution in [0.5, 0.6) is 0 Å². The number of hydrogen-bond donors (Lipinski definition) is 0. The molecule has 16 rings (SSSR count). The SMILES string of the molecule is [Cl-].[Cl-].[Zr+2].[Zr+2].c1ccc2[cH-]c(-c3ccc4ccccc4n3)cc2c1.c1ccc2[cH-]c(-c3ccc4ccccc4n3)cc2c1.c1ccc2[cH-]c(-c3ccc4ccccc4n3)cc2c1.c1ccc2[cH-]c(-c3ccc4ccccc4n3)cc2c1. The van der Waals surface area contributed by atoms with Crippen LogP contribution in [0, 0.1) is 0 Å². The van der Waals surface area contributed by atoms with Gasteiger partial charge in [-0.3, -0.25) is 19.9 Å². The van der Waals surface area contributed by atoms with Gasteiger partial charge in [-0.2, -0.15) is 0 Å². The fourth-order valence-corrected chi connectivity index (χ4v) is 10.1. The van der Waals surface area contributed by atoms with E-state index in [0.29, 0.717) is 0 Å². The number of para-hydroxylation sites is 4. The van der Waals surface area contributed by atoms with Crippen molar-refractivity contribution in [2.75, 3.05) is 0 Å². The van der Waals surface area contributed by atoms with Crippen LogP contribution in [-0.4, -0.2) is 19.9 Å². The van der Waals surface area contributed by atoms with E-state index in [2.05, 4.69) is 243 Å². The first-order valence-corrected chi connectivity index (χ1v) is 25.7. The van der Waals surface area contributed by atoms with Crippen LogP contribution in [0.15, 0.2) is 291 Å². The Morgan fingerprint density at radius 2 is 0.388 bits per heavy atom. The van der Waals surface area contributed by atoms with Gasteiger partial charge < -0.3 is 24.8 Å². The third-order valence-corrected chi connectivity index (χ3v) is 14.0.